The lowest BCUT2D eigenvalue weighted by Crippen LogP contribution is -2.24. The normalized spacial score (nSPS) is 12.4. The van der Waals surface area contributed by atoms with Gasteiger partial charge < -0.3 is 5.32 Å². The number of halogens is 2. The zero-order valence-corrected chi connectivity index (χ0v) is 11.7. The number of pyridine rings is 1. The lowest BCUT2D eigenvalue weighted by Gasteiger charge is -2.19. The van der Waals surface area contributed by atoms with Crippen molar-refractivity contribution in [2.75, 3.05) is 6.54 Å². The predicted molar refractivity (Wildman–Crippen MR) is 75.5 cm³/mol. The summed E-state index contributed by atoms with van der Waals surface area (Å²) >= 11 is 0. The number of nitrogens with one attached hydrogen (secondary N) is 1. The molecule has 4 heteroatoms. The third kappa shape index (κ3) is 3.39. The summed E-state index contributed by atoms with van der Waals surface area (Å²) in [7, 11) is 0. The molecule has 2 aromatic rings. The number of benzene rings is 1. The van der Waals surface area contributed by atoms with Crippen LogP contribution in [0.5, 0.6) is 0 Å². The Labute approximate surface area is 117 Å². The van der Waals surface area contributed by atoms with Gasteiger partial charge in [0.15, 0.2) is 0 Å². The Balaban J connectivity index is 2.35. The van der Waals surface area contributed by atoms with Crippen LogP contribution in [0.2, 0.25) is 0 Å². The van der Waals surface area contributed by atoms with Crippen molar-refractivity contribution in [1.29, 1.82) is 0 Å². The molecule has 0 aliphatic rings. The van der Waals surface area contributed by atoms with E-state index in [4.69, 9.17) is 0 Å². The highest BCUT2D eigenvalue weighted by atomic mass is 19.1. The van der Waals surface area contributed by atoms with E-state index >= 15 is 0 Å². The smallest absolute Gasteiger partial charge is 0.141 e. The highest BCUT2D eigenvalue weighted by Crippen LogP contribution is 2.22. The molecular weight excluding hydrogens is 258 g/mol. The molecule has 1 N–H and O–H groups in total. The Morgan fingerprint density at radius 2 is 2.00 bits per heavy atom. The van der Waals surface area contributed by atoms with Gasteiger partial charge in [-0.1, -0.05) is 19.1 Å². The molecule has 0 fully saturated rings. The summed E-state index contributed by atoms with van der Waals surface area (Å²) < 4.78 is 26.4. The summed E-state index contributed by atoms with van der Waals surface area (Å²) in [5.41, 5.74) is 2.25. The van der Waals surface area contributed by atoms with Crippen molar-refractivity contribution in [3.8, 4) is 0 Å². The Morgan fingerprint density at radius 1 is 1.20 bits per heavy atom. The predicted octanol–water partition coefficient (Wildman–Crippen LogP) is 3.76. The fourth-order valence-electron chi connectivity index (χ4n) is 2.09. The van der Waals surface area contributed by atoms with E-state index in [0.717, 1.165) is 24.2 Å². The highest BCUT2D eigenvalue weighted by Gasteiger charge is 2.15. The van der Waals surface area contributed by atoms with E-state index in [1.807, 2.05) is 0 Å². The molecule has 20 heavy (non-hydrogen) atoms. The standard InChI is InChI=1S/C16H18F2N2/c1-3-8-19-16(15-7-5-13(17)10-20-15)12-4-6-14(18)11(2)9-12/h4-7,9-10,16,19H,3,8H2,1-2H3. The van der Waals surface area contributed by atoms with Crippen molar-refractivity contribution in [1.82, 2.24) is 10.3 Å². The van der Waals surface area contributed by atoms with E-state index in [0.29, 0.717) is 5.56 Å². The first kappa shape index (κ1) is 14.6. The van der Waals surface area contributed by atoms with Gasteiger partial charge in [0.1, 0.15) is 11.6 Å². The van der Waals surface area contributed by atoms with Gasteiger partial charge in [0, 0.05) is 0 Å². The Kier molecular flexibility index (Phi) is 4.79. The first-order chi connectivity index (χ1) is 9.61. The van der Waals surface area contributed by atoms with Crippen LogP contribution >= 0.6 is 0 Å². The number of hydrogen-bond donors (Lipinski definition) is 1. The molecule has 0 aliphatic heterocycles. The molecule has 1 heterocycles. The van der Waals surface area contributed by atoms with Gasteiger partial charge >= 0.3 is 0 Å². The Bertz CT molecular complexity index is 567. The number of aromatic nitrogens is 1. The second-order valence-corrected chi connectivity index (χ2v) is 4.80. The van der Waals surface area contributed by atoms with Crippen LogP contribution < -0.4 is 5.32 Å². The number of rotatable bonds is 5. The van der Waals surface area contributed by atoms with Crippen LogP contribution in [-0.4, -0.2) is 11.5 Å². The maximum atomic E-state index is 13.4. The summed E-state index contributed by atoms with van der Waals surface area (Å²) in [5.74, 6) is -0.590. The molecule has 1 aromatic carbocycles. The Morgan fingerprint density at radius 3 is 2.60 bits per heavy atom. The van der Waals surface area contributed by atoms with Gasteiger partial charge in [-0.25, -0.2) is 8.78 Å². The molecule has 0 saturated heterocycles. The fraction of sp³-hybridized carbons (Fsp3) is 0.312. The monoisotopic (exact) mass is 276 g/mol. The van der Waals surface area contributed by atoms with Crippen molar-refractivity contribution in [2.45, 2.75) is 26.3 Å². The van der Waals surface area contributed by atoms with E-state index in [2.05, 4.69) is 17.2 Å². The SMILES string of the molecule is CCCNC(c1ccc(F)c(C)c1)c1ccc(F)cn1. The molecule has 0 amide bonds. The lowest BCUT2D eigenvalue weighted by molar-refractivity contribution is 0.572. The molecule has 0 aliphatic carbocycles. The minimum Gasteiger partial charge on any atom is -0.305 e. The molecule has 0 spiro atoms. The molecule has 0 radical (unpaired) electrons. The lowest BCUT2D eigenvalue weighted by atomic mass is 10.0. The summed E-state index contributed by atoms with van der Waals surface area (Å²) in [6, 6.07) is 7.87. The van der Waals surface area contributed by atoms with Crippen molar-refractivity contribution in [3.63, 3.8) is 0 Å². The quantitative estimate of drug-likeness (QED) is 0.899. The summed E-state index contributed by atoms with van der Waals surface area (Å²) in [6.45, 7) is 4.60. The molecule has 2 nitrogen and oxygen atoms in total. The summed E-state index contributed by atoms with van der Waals surface area (Å²) in [5, 5.41) is 3.36. The fourth-order valence-corrected chi connectivity index (χ4v) is 2.09. The van der Waals surface area contributed by atoms with E-state index in [-0.39, 0.29) is 17.7 Å². The number of hydrogen-bond acceptors (Lipinski definition) is 2. The second kappa shape index (κ2) is 6.57. The van der Waals surface area contributed by atoms with Crippen molar-refractivity contribution in [2.24, 2.45) is 0 Å². The van der Waals surface area contributed by atoms with Crippen LogP contribution in [0.15, 0.2) is 36.5 Å². The average molecular weight is 276 g/mol. The minimum atomic E-state index is -0.363. The van der Waals surface area contributed by atoms with Crippen LogP contribution in [0.25, 0.3) is 0 Å². The first-order valence-corrected chi connectivity index (χ1v) is 6.72. The summed E-state index contributed by atoms with van der Waals surface area (Å²) in [4.78, 5) is 4.13. The van der Waals surface area contributed by atoms with E-state index < -0.39 is 0 Å². The maximum absolute atomic E-state index is 13.4. The van der Waals surface area contributed by atoms with Gasteiger partial charge in [-0.3, -0.25) is 4.98 Å². The van der Waals surface area contributed by atoms with Crippen LogP contribution in [-0.2, 0) is 0 Å². The maximum Gasteiger partial charge on any atom is 0.141 e. The van der Waals surface area contributed by atoms with Gasteiger partial charge in [-0.15, -0.1) is 0 Å². The largest absolute Gasteiger partial charge is 0.305 e. The highest BCUT2D eigenvalue weighted by molar-refractivity contribution is 5.31. The van der Waals surface area contributed by atoms with Crippen LogP contribution in [0.4, 0.5) is 8.78 Å². The Hall–Kier alpha value is -1.81. The molecule has 1 aromatic heterocycles. The van der Waals surface area contributed by atoms with Crippen molar-refractivity contribution in [3.05, 3.63) is 65.0 Å². The molecule has 106 valence electrons. The molecular formula is C16H18F2N2. The van der Waals surface area contributed by atoms with E-state index in [9.17, 15) is 8.78 Å². The number of aryl methyl sites for hydroxylation is 1. The topological polar surface area (TPSA) is 24.9 Å². The molecule has 0 bridgehead atoms. The van der Waals surface area contributed by atoms with Gasteiger partial charge in [0.2, 0.25) is 0 Å². The minimum absolute atomic E-state index is 0.158. The van der Waals surface area contributed by atoms with Gasteiger partial charge in [-0.05, 0) is 49.2 Å². The van der Waals surface area contributed by atoms with Crippen LogP contribution in [0.3, 0.4) is 0 Å². The van der Waals surface area contributed by atoms with Crippen molar-refractivity contribution < 1.29 is 8.78 Å². The van der Waals surface area contributed by atoms with Crippen LogP contribution in [0.1, 0.15) is 36.2 Å². The number of nitrogens with zero attached hydrogens (tertiary/aromatic N) is 1. The molecule has 1 atom stereocenters. The zero-order valence-electron chi connectivity index (χ0n) is 11.7. The second-order valence-electron chi connectivity index (χ2n) is 4.80. The van der Waals surface area contributed by atoms with E-state index in [1.165, 1.54) is 18.3 Å². The zero-order chi connectivity index (χ0) is 14.5. The van der Waals surface area contributed by atoms with Crippen LogP contribution in [0, 0.1) is 18.6 Å². The average Bonchev–Trinajstić information content (AvgIpc) is 2.45. The molecule has 1 unspecified atom stereocenters. The third-order valence-electron chi connectivity index (χ3n) is 3.16. The third-order valence-corrected chi connectivity index (χ3v) is 3.16. The van der Waals surface area contributed by atoms with Crippen molar-refractivity contribution >= 4 is 0 Å². The van der Waals surface area contributed by atoms with E-state index in [1.54, 1.807) is 25.1 Å². The van der Waals surface area contributed by atoms with Gasteiger partial charge in [0.05, 0.1) is 17.9 Å². The first-order valence-electron chi connectivity index (χ1n) is 6.72. The summed E-state index contributed by atoms with van der Waals surface area (Å²) in [6.07, 6.45) is 2.17. The molecule has 0 saturated carbocycles. The van der Waals surface area contributed by atoms with Gasteiger partial charge in [0.25, 0.3) is 0 Å². The van der Waals surface area contributed by atoms with Gasteiger partial charge in [-0.2, -0.15) is 0 Å². The molecule has 2 rings (SSSR count).